The van der Waals surface area contributed by atoms with Crippen LogP contribution in [0.5, 0.6) is 0 Å². The molecule has 1 fully saturated rings. The molecule has 0 atom stereocenters. The Hall–Kier alpha value is -0.610. The minimum absolute atomic E-state index is 0.00475. The zero-order valence-corrected chi connectivity index (χ0v) is 7.47. The van der Waals surface area contributed by atoms with E-state index >= 15 is 0 Å². The predicted molar refractivity (Wildman–Crippen MR) is 47.4 cm³/mol. The van der Waals surface area contributed by atoms with Crippen molar-refractivity contribution < 1.29 is 4.79 Å². The van der Waals surface area contributed by atoms with Crippen molar-refractivity contribution in [1.29, 1.82) is 0 Å². The van der Waals surface area contributed by atoms with Crippen LogP contribution in [-0.4, -0.2) is 43.5 Å². The molecule has 0 aliphatic carbocycles. The second-order valence-electron chi connectivity index (χ2n) is 2.96. The van der Waals surface area contributed by atoms with Crippen molar-refractivity contribution in [3.63, 3.8) is 0 Å². The van der Waals surface area contributed by atoms with Crippen LogP contribution < -0.4 is 10.6 Å². The lowest BCUT2D eigenvalue weighted by atomic mass is 10.3. The summed E-state index contributed by atoms with van der Waals surface area (Å²) >= 11 is 0. The summed E-state index contributed by atoms with van der Waals surface area (Å²) in [5.41, 5.74) is 0. The number of piperazine rings is 1. The van der Waals surface area contributed by atoms with E-state index < -0.39 is 0 Å². The van der Waals surface area contributed by atoms with Gasteiger partial charge in [-0.05, 0) is 0 Å². The van der Waals surface area contributed by atoms with Crippen LogP contribution in [-0.2, 0) is 4.79 Å². The second-order valence-corrected chi connectivity index (χ2v) is 2.96. The summed E-state index contributed by atoms with van der Waals surface area (Å²) in [5.74, 6) is 0.00475. The normalized spacial score (nSPS) is 19.1. The van der Waals surface area contributed by atoms with Gasteiger partial charge in [-0.2, -0.15) is 0 Å². The van der Waals surface area contributed by atoms with Crippen molar-refractivity contribution in [2.24, 2.45) is 0 Å². The number of rotatable bonds is 3. The Bertz CT molecular complexity index is 143. The average molecular weight is 170 g/mol. The van der Waals surface area contributed by atoms with E-state index in [0.29, 0.717) is 0 Å². The van der Waals surface area contributed by atoms with Crippen molar-refractivity contribution in [2.45, 2.75) is 6.92 Å². The molecule has 1 radical (unpaired) electrons. The molecule has 2 N–H and O–H groups in total. The summed E-state index contributed by atoms with van der Waals surface area (Å²) in [4.78, 5) is 12.8. The van der Waals surface area contributed by atoms with Gasteiger partial charge in [0, 0.05) is 39.6 Å². The summed E-state index contributed by atoms with van der Waals surface area (Å²) < 4.78 is 0. The fraction of sp³-hybridized carbons (Fsp3) is 0.750. The van der Waals surface area contributed by atoms with Crippen LogP contribution in [0.25, 0.3) is 0 Å². The van der Waals surface area contributed by atoms with Gasteiger partial charge < -0.3 is 10.6 Å². The largest absolute Gasteiger partial charge is 0.350 e. The maximum atomic E-state index is 10.5. The van der Waals surface area contributed by atoms with Crippen molar-refractivity contribution in [2.75, 3.05) is 32.7 Å². The third-order valence-corrected chi connectivity index (χ3v) is 1.86. The van der Waals surface area contributed by atoms with Crippen molar-refractivity contribution in [3.05, 3.63) is 6.54 Å². The molecule has 1 saturated heterocycles. The third-order valence-electron chi connectivity index (χ3n) is 1.86. The summed E-state index contributed by atoms with van der Waals surface area (Å²) in [7, 11) is 0. The molecular formula is C8H16N3O. The molecule has 0 bridgehead atoms. The van der Waals surface area contributed by atoms with E-state index in [-0.39, 0.29) is 5.91 Å². The number of carbonyl (C=O) groups excluding carboxylic acids is 1. The molecule has 0 aromatic heterocycles. The second kappa shape index (κ2) is 5.11. The van der Waals surface area contributed by atoms with Gasteiger partial charge in [0.1, 0.15) is 0 Å². The lowest BCUT2D eigenvalue weighted by molar-refractivity contribution is -0.118. The van der Waals surface area contributed by atoms with E-state index in [1.165, 1.54) is 6.92 Å². The molecule has 4 heteroatoms. The molecule has 0 saturated carbocycles. The summed E-state index contributed by atoms with van der Waals surface area (Å²) in [6.07, 6.45) is 0. The molecule has 12 heavy (non-hydrogen) atoms. The van der Waals surface area contributed by atoms with Crippen LogP contribution >= 0.6 is 0 Å². The predicted octanol–water partition coefficient (Wildman–Crippen LogP) is -0.811. The first-order valence-electron chi connectivity index (χ1n) is 4.31. The van der Waals surface area contributed by atoms with E-state index in [1.54, 1.807) is 0 Å². The van der Waals surface area contributed by atoms with Gasteiger partial charge in [-0.25, -0.2) is 0 Å². The highest BCUT2D eigenvalue weighted by Crippen LogP contribution is 1.91. The topological polar surface area (TPSA) is 44.4 Å². The maximum Gasteiger partial charge on any atom is 0.217 e. The maximum absolute atomic E-state index is 10.5. The zero-order valence-electron chi connectivity index (χ0n) is 7.47. The van der Waals surface area contributed by atoms with E-state index in [4.69, 9.17) is 0 Å². The van der Waals surface area contributed by atoms with Crippen LogP contribution in [0, 0.1) is 6.54 Å². The highest BCUT2D eigenvalue weighted by Gasteiger charge is 2.08. The Kier molecular flexibility index (Phi) is 4.04. The Morgan fingerprint density at radius 1 is 1.58 bits per heavy atom. The highest BCUT2D eigenvalue weighted by atomic mass is 16.1. The minimum atomic E-state index is 0.00475. The lowest BCUT2D eigenvalue weighted by Gasteiger charge is -2.26. The Balaban J connectivity index is 2.01. The Morgan fingerprint density at radius 3 is 2.83 bits per heavy atom. The molecular weight excluding hydrogens is 154 g/mol. The number of hydrogen-bond donors (Lipinski definition) is 2. The van der Waals surface area contributed by atoms with Gasteiger partial charge in [-0.1, -0.05) is 0 Å². The van der Waals surface area contributed by atoms with Crippen LogP contribution in [0.3, 0.4) is 0 Å². The molecule has 0 aromatic rings. The molecule has 1 heterocycles. The quantitative estimate of drug-likeness (QED) is 0.582. The smallest absolute Gasteiger partial charge is 0.217 e. The van der Waals surface area contributed by atoms with E-state index in [1.807, 2.05) is 6.54 Å². The third kappa shape index (κ3) is 3.69. The van der Waals surface area contributed by atoms with Crippen molar-refractivity contribution in [3.8, 4) is 0 Å². The van der Waals surface area contributed by atoms with Gasteiger partial charge in [0.2, 0.25) is 5.91 Å². The van der Waals surface area contributed by atoms with E-state index in [9.17, 15) is 4.79 Å². The number of nitrogens with zero attached hydrogens (tertiary/aromatic N) is 1. The van der Waals surface area contributed by atoms with Crippen LogP contribution in [0.1, 0.15) is 6.92 Å². The monoisotopic (exact) mass is 170 g/mol. The van der Waals surface area contributed by atoms with Gasteiger partial charge in [0.05, 0.1) is 6.54 Å². The van der Waals surface area contributed by atoms with Gasteiger partial charge in [0.25, 0.3) is 0 Å². The first-order chi connectivity index (χ1) is 5.79. The molecule has 4 nitrogen and oxygen atoms in total. The molecule has 1 rings (SSSR count). The molecule has 1 amide bonds. The zero-order chi connectivity index (χ0) is 8.81. The number of nitrogens with one attached hydrogen (secondary N) is 2. The molecule has 0 spiro atoms. The number of carbonyl (C=O) groups is 1. The first-order valence-corrected chi connectivity index (χ1v) is 4.31. The van der Waals surface area contributed by atoms with Crippen molar-refractivity contribution in [1.82, 2.24) is 15.5 Å². The Labute approximate surface area is 73.3 Å². The molecule has 69 valence electrons. The first kappa shape index (κ1) is 9.48. The highest BCUT2D eigenvalue weighted by molar-refractivity contribution is 5.73. The molecule has 0 aromatic carbocycles. The van der Waals surface area contributed by atoms with Gasteiger partial charge >= 0.3 is 0 Å². The van der Waals surface area contributed by atoms with Crippen molar-refractivity contribution >= 4 is 5.91 Å². The standard InChI is InChI=1S/C8H16N3O/c1-8(12)10-4-7-11-5-2-9-3-6-11/h4,9H,2-3,5-7H2,1H3,(H,10,12). The summed E-state index contributed by atoms with van der Waals surface area (Å²) in [5, 5.41) is 5.94. The Morgan fingerprint density at radius 2 is 2.25 bits per heavy atom. The molecule has 0 unspecified atom stereocenters. The fourth-order valence-electron chi connectivity index (χ4n) is 1.21. The van der Waals surface area contributed by atoms with E-state index in [2.05, 4.69) is 15.5 Å². The van der Waals surface area contributed by atoms with Gasteiger partial charge in [-0.15, -0.1) is 0 Å². The van der Waals surface area contributed by atoms with Crippen LogP contribution in [0.4, 0.5) is 0 Å². The summed E-state index contributed by atoms with van der Waals surface area (Å²) in [6.45, 7) is 8.41. The SMILES string of the molecule is CC(=O)N[CH]CN1CCNCC1. The van der Waals surface area contributed by atoms with E-state index in [0.717, 1.165) is 32.7 Å². The lowest BCUT2D eigenvalue weighted by Crippen LogP contribution is -2.44. The fourth-order valence-corrected chi connectivity index (χ4v) is 1.21. The number of amides is 1. The minimum Gasteiger partial charge on any atom is -0.350 e. The number of hydrogen-bond acceptors (Lipinski definition) is 3. The average Bonchev–Trinajstić information content (AvgIpc) is 2.05. The summed E-state index contributed by atoms with van der Waals surface area (Å²) in [6, 6.07) is 0. The van der Waals surface area contributed by atoms with Crippen LogP contribution in [0.15, 0.2) is 0 Å². The molecule has 1 aliphatic heterocycles. The van der Waals surface area contributed by atoms with Crippen LogP contribution in [0.2, 0.25) is 0 Å². The van der Waals surface area contributed by atoms with Gasteiger partial charge in [-0.3, -0.25) is 9.69 Å². The van der Waals surface area contributed by atoms with Gasteiger partial charge in [0.15, 0.2) is 0 Å². The molecule has 1 aliphatic rings.